The molecule has 1 amide bonds. The predicted octanol–water partition coefficient (Wildman–Crippen LogP) is 1.97. The van der Waals surface area contributed by atoms with E-state index in [0.29, 0.717) is 19.6 Å². The molecule has 0 spiro atoms. The van der Waals surface area contributed by atoms with E-state index in [0.717, 1.165) is 6.42 Å². The largest absolute Gasteiger partial charge is 0.389 e. The fourth-order valence-corrected chi connectivity index (χ4v) is 2.95. The monoisotopic (exact) mass is 306 g/mol. The molecule has 1 aromatic carbocycles. The van der Waals surface area contributed by atoms with Gasteiger partial charge in [0, 0.05) is 13.1 Å². The first-order valence-electron chi connectivity index (χ1n) is 7.83. The number of benzene rings is 1. The number of aryl methyl sites for hydroxylation is 3. The summed E-state index contributed by atoms with van der Waals surface area (Å²) in [6.45, 7) is 11.2. The lowest BCUT2D eigenvalue weighted by Gasteiger charge is -2.24. The SMILES string of the molecule is Cc1cc(C)c(CCNC(=O)CN(C)CC(C)(C)O)c(C)c1. The van der Waals surface area contributed by atoms with Crippen molar-refractivity contribution >= 4 is 5.91 Å². The van der Waals surface area contributed by atoms with Crippen LogP contribution >= 0.6 is 0 Å². The highest BCUT2D eigenvalue weighted by atomic mass is 16.3. The van der Waals surface area contributed by atoms with Crippen LogP contribution in [0.2, 0.25) is 0 Å². The van der Waals surface area contributed by atoms with Gasteiger partial charge in [-0.25, -0.2) is 0 Å². The zero-order valence-corrected chi connectivity index (χ0v) is 14.8. The summed E-state index contributed by atoms with van der Waals surface area (Å²) in [4.78, 5) is 13.8. The summed E-state index contributed by atoms with van der Waals surface area (Å²) in [7, 11) is 1.84. The van der Waals surface area contributed by atoms with Crippen LogP contribution < -0.4 is 5.32 Å². The van der Waals surface area contributed by atoms with Crippen LogP contribution in [0.5, 0.6) is 0 Å². The topological polar surface area (TPSA) is 52.6 Å². The molecule has 22 heavy (non-hydrogen) atoms. The summed E-state index contributed by atoms with van der Waals surface area (Å²) in [6.07, 6.45) is 0.846. The van der Waals surface area contributed by atoms with Gasteiger partial charge in [-0.15, -0.1) is 0 Å². The second kappa shape index (κ2) is 7.75. The van der Waals surface area contributed by atoms with Crippen LogP contribution in [0.3, 0.4) is 0 Å². The second-order valence-corrected chi connectivity index (χ2v) is 6.96. The van der Waals surface area contributed by atoms with Gasteiger partial charge in [-0.2, -0.15) is 0 Å². The van der Waals surface area contributed by atoms with Crippen molar-refractivity contribution in [1.82, 2.24) is 10.2 Å². The molecule has 0 heterocycles. The summed E-state index contributed by atoms with van der Waals surface area (Å²) in [5, 5.41) is 12.7. The highest BCUT2D eigenvalue weighted by Gasteiger charge is 2.17. The van der Waals surface area contributed by atoms with E-state index < -0.39 is 5.60 Å². The number of rotatable bonds is 7. The zero-order chi connectivity index (χ0) is 16.9. The van der Waals surface area contributed by atoms with E-state index in [1.807, 2.05) is 11.9 Å². The Bertz CT molecular complexity index is 495. The van der Waals surface area contributed by atoms with Crippen molar-refractivity contribution < 1.29 is 9.90 Å². The number of nitrogens with one attached hydrogen (secondary N) is 1. The molecule has 0 aromatic heterocycles. The van der Waals surface area contributed by atoms with Crippen molar-refractivity contribution in [3.63, 3.8) is 0 Å². The van der Waals surface area contributed by atoms with E-state index in [-0.39, 0.29) is 5.91 Å². The Morgan fingerprint density at radius 1 is 1.23 bits per heavy atom. The van der Waals surface area contributed by atoms with Crippen LogP contribution in [0.4, 0.5) is 0 Å². The van der Waals surface area contributed by atoms with E-state index >= 15 is 0 Å². The van der Waals surface area contributed by atoms with Gasteiger partial charge in [0.25, 0.3) is 0 Å². The summed E-state index contributed by atoms with van der Waals surface area (Å²) in [5.74, 6) is -0.00540. The molecule has 0 aliphatic rings. The average molecular weight is 306 g/mol. The zero-order valence-electron chi connectivity index (χ0n) is 14.8. The first-order chi connectivity index (χ1) is 10.1. The molecular formula is C18H30N2O2. The highest BCUT2D eigenvalue weighted by Crippen LogP contribution is 2.16. The van der Waals surface area contributed by atoms with E-state index in [9.17, 15) is 9.90 Å². The maximum absolute atomic E-state index is 11.9. The van der Waals surface area contributed by atoms with E-state index in [4.69, 9.17) is 0 Å². The first-order valence-corrected chi connectivity index (χ1v) is 7.83. The molecule has 1 rings (SSSR count). The van der Waals surface area contributed by atoms with Crippen LogP contribution in [0.1, 0.15) is 36.1 Å². The third-order valence-corrected chi connectivity index (χ3v) is 3.61. The van der Waals surface area contributed by atoms with Crippen molar-refractivity contribution in [1.29, 1.82) is 0 Å². The van der Waals surface area contributed by atoms with Crippen molar-refractivity contribution in [2.24, 2.45) is 0 Å². The lowest BCUT2D eigenvalue weighted by atomic mass is 9.97. The molecule has 0 unspecified atom stereocenters. The Labute approximate surface area is 134 Å². The number of hydrogen-bond acceptors (Lipinski definition) is 3. The molecule has 0 saturated carbocycles. The summed E-state index contributed by atoms with van der Waals surface area (Å²) >= 11 is 0. The van der Waals surface area contributed by atoms with Gasteiger partial charge in [0.15, 0.2) is 0 Å². The molecule has 0 fully saturated rings. The number of carbonyl (C=O) groups is 1. The Kier molecular flexibility index (Phi) is 6.57. The number of likely N-dealkylation sites (N-methyl/N-ethyl adjacent to an activating group) is 1. The maximum Gasteiger partial charge on any atom is 0.234 e. The Hall–Kier alpha value is -1.39. The number of amides is 1. The third kappa shape index (κ3) is 6.58. The quantitative estimate of drug-likeness (QED) is 0.810. The summed E-state index contributed by atoms with van der Waals surface area (Å²) in [6, 6.07) is 4.36. The van der Waals surface area contributed by atoms with Gasteiger partial charge in [0.05, 0.1) is 12.1 Å². The average Bonchev–Trinajstić information content (AvgIpc) is 2.29. The van der Waals surface area contributed by atoms with Crippen molar-refractivity contribution in [2.45, 2.75) is 46.6 Å². The van der Waals surface area contributed by atoms with Crippen LogP contribution in [0.25, 0.3) is 0 Å². The van der Waals surface area contributed by atoms with Crippen LogP contribution in [-0.2, 0) is 11.2 Å². The first kappa shape index (κ1) is 18.7. The van der Waals surface area contributed by atoms with E-state index in [2.05, 4.69) is 38.2 Å². The molecule has 0 aliphatic heterocycles. The van der Waals surface area contributed by atoms with Gasteiger partial charge in [0.2, 0.25) is 5.91 Å². The van der Waals surface area contributed by atoms with Gasteiger partial charge < -0.3 is 10.4 Å². The lowest BCUT2D eigenvalue weighted by Crippen LogP contribution is -2.42. The normalized spacial score (nSPS) is 11.8. The summed E-state index contributed by atoms with van der Waals surface area (Å²) < 4.78 is 0. The van der Waals surface area contributed by atoms with Gasteiger partial charge in [-0.3, -0.25) is 9.69 Å². The standard InChI is InChI=1S/C18H30N2O2/c1-13-9-14(2)16(15(3)10-13)7-8-19-17(21)11-20(6)12-18(4,5)22/h9-10,22H,7-8,11-12H2,1-6H3,(H,19,21). The van der Waals surface area contributed by atoms with Crippen LogP contribution in [0, 0.1) is 20.8 Å². The minimum Gasteiger partial charge on any atom is -0.389 e. The van der Waals surface area contributed by atoms with Crippen molar-refractivity contribution in [3.8, 4) is 0 Å². The number of carbonyl (C=O) groups excluding carboxylic acids is 1. The number of hydrogen-bond donors (Lipinski definition) is 2. The molecule has 0 atom stereocenters. The van der Waals surface area contributed by atoms with Crippen LogP contribution in [0.15, 0.2) is 12.1 Å². The smallest absolute Gasteiger partial charge is 0.234 e. The Morgan fingerprint density at radius 2 is 1.77 bits per heavy atom. The lowest BCUT2D eigenvalue weighted by molar-refractivity contribution is -0.122. The molecule has 124 valence electrons. The molecule has 4 nitrogen and oxygen atoms in total. The number of aliphatic hydroxyl groups is 1. The fraction of sp³-hybridized carbons (Fsp3) is 0.611. The maximum atomic E-state index is 11.9. The molecule has 1 aromatic rings. The van der Waals surface area contributed by atoms with Crippen molar-refractivity contribution in [2.75, 3.05) is 26.7 Å². The second-order valence-electron chi connectivity index (χ2n) is 6.96. The minimum atomic E-state index is -0.787. The van der Waals surface area contributed by atoms with Crippen molar-refractivity contribution in [3.05, 3.63) is 34.4 Å². The molecule has 4 heteroatoms. The summed E-state index contributed by atoms with van der Waals surface area (Å²) in [5.41, 5.74) is 4.37. The van der Waals surface area contributed by atoms with Gasteiger partial charge in [0.1, 0.15) is 0 Å². The molecule has 2 N–H and O–H groups in total. The van der Waals surface area contributed by atoms with Crippen LogP contribution in [-0.4, -0.2) is 48.2 Å². The van der Waals surface area contributed by atoms with Gasteiger partial charge in [-0.1, -0.05) is 17.7 Å². The highest BCUT2D eigenvalue weighted by molar-refractivity contribution is 5.78. The third-order valence-electron chi connectivity index (χ3n) is 3.61. The van der Waals surface area contributed by atoms with Gasteiger partial charge >= 0.3 is 0 Å². The predicted molar refractivity (Wildman–Crippen MR) is 91.2 cm³/mol. The fourth-order valence-electron chi connectivity index (χ4n) is 2.95. The molecule has 0 bridgehead atoms. The minimum absolute atomic E-state index is 0.00540. The Morgan fingerprint density at radius 3 is 2.27 bits per heavy atom. The molecule has 0 radical (unpaired) electrons. The Balaban J connectivity index is 2.43. The molecule has 0 saturated heterocycles. The number of nitrogens with zero attached hydrogens (tertiary/aromatic N) is 1. The molecule has 0 aliphatic carbocycles. The van der Waals surface area contributed by atoms with E-state index in [1.165, 1.54) is 22.3 Å². The van der Waals surface area contributed by atoms with Gasteiger partial charge in [-0.05, 0) is 64.8 Å². The van der Waals surface area contributed by atoms with E-state index in [1.54, 1.807) is 13.8 Å². The molecular weight excluding hydrogens is 276 g/mol.